The number of nitrogen functional groups attached to an aromatic ring is 1. The molecule has 0 saturated carbocycles. The number of aromatic nitrogens is 2. The molecule has 1 atom stereocenters. The average Bonchev–Trinajstić information content (AvgIpc) is 2.70. The van der Waals surface area contributed by atoms with Crippen molar-refractivity contribution in [3.63, 3.8) is 0 Å². The normalized spacial score (nSPS) is 20.1. The van der Waals surface area contributed by atoms with Gasteiger partial charge in [0.1, 0.15) is 0 Å². The summed E-state index contributed by atoms with van der Waals surface area (Å²) in [6.45, 7) is 4.82. The number of piperidine rings is 1. The maximum Gasteiger partial charge on any atom is 0.276 e. The molecular weight excluding hydrogens is 228 g/mol. The van der Waals surface area contributed by atoms with Gasteiger partial charge < -0.3 is 10.6 Å². The molecule has 2 rings (SSSR count). The molecule has 0 spiro atoms. The molecule has 3 N–H and O–H groups in total. The van der Waals surface area contributed by atoms with Crippen molar-refractivity contribution >= 4 is 11.6 Å². The van der Waals surface area contributed by atoms with Gasteiger partial charge in [-0.05, 0) is 32.6 Å². The molecule has 1 aromatic rings. The maximum atomic E-state index is 12.5. The van der Waals surface area contributed by atoms with E-state index in [0.29, 0.717) is 17.4 Å². The molecule has 0 bridgehead atoms. The first-order valence-electron chi connectivity index (χ1n) is 6.76. The zero-order chi connectivity index (χ0) is 13.1. The fourth-order valence-electron chi connectivity index (χ4n) is 2.64. The summed E-state index contributed by atoms with van der Waals surface area (Å²) in [4.78, 5) is 14.4. The molecule has 2 heterocycles. The predicted octanol–water partition coefficient (Wildman–Crippen LogP) is 2.10. The molecule has 1 saturated heterocycles. The molecule has 1 aromatic heterocycles. The molecule has 0 aliphatic carbocycles. The molecule has 18 heavy (non-hydrogen) atoms. The van der Waals surface area contributed by atoms with Crippen LogP contribution in [0.1, 0.15) is 55.2 Å². The Bertz CT molecular complexity index is 425. The van der Waals surface area contributed by atoms with Gasteiger partial charge in [0, 0.05) is 12.6 Å². The largest absolute Gasteiger partial charge is 0.395 e. The summed E-state index contributed by atoms with van der Waals surface area (Å²) in [6.07, 6.45) is 5.56. The summed E-state index contributed by atoms with van der Waals surface area (Å²) >= 11 is 0. The van der Waals surface area contributed by atoms with Gasteiger partial charge in [0.15, 0.2) is 5.69 Å². The lowest BCUT2D eigenvalue weighted by atomic mass is 9.97. The highest BCUT2D eigenvalue weighted by atomic mass is 16.2. The van der Waals surface area contributed by atoms with Gasteiger partial charge in [-0.3, -0.25) is 9.89 Å². The van der Waals surface area contributed by atoms with Crippen molar-refractivity contribution in [1.82, 2.24) is 15.1 Å². The summed E-state index contributed by atoms with van der Waals surface area (Å²) < 4.78 is 0. The highest BCUT2D eigenvalue weighted by Crippen LogP contribution is 2.24. The number of rotatable bonds is 3. The average molecular weight is 250 g/mol. The smallest absolute Gasteiger partial charge is 0.276 e. The van der Waals surface area contributed by atoms with Gasteiger partial charge in [-0.25, -0.2) is 0 Å². The monoisotopic (exact) mass is 250 g/mol. The van der Waals surface area contributed by atoms with Gasteiger partial charge in [-0.1, -0.05) is 13.3 Å². The van der Waals surface area contributed by atoms with Gasteiger partial charge in [-0.2, -0.15) is 5.10 Å². The molecule has 1 amide bonds. The van der Waals surface area contributed by atoms with E-state index in [-0.39, 0.29) is 5.91 Å². The minimum atomic E-state index is -0.0185. The van der Waals surface area contributed by atoms with E-state index in [0.717, 1.165) is 37.9 Å². The van der Waals surface area contributed by atoms with Crippen molar-refractivity contribution in [3.05, 3.63) is 11.4 Å². The number of hydrogen-bond donors (Lipinski definition) is 2. The minimum absolute atomic E-state index is 0.0185. The van der Waals surface area contributed by atoms with Gasteiger partial charge in [0.25, 0.3) is 5.91 Å². The number of aryl methyl sites for hydroxylation is 1. The van der Waals surface area contributed by atoms with Crippen LogP contribution in [0.4, 0.5) is 5.69 Å². The van der Waals surface area contributed by atoms with Crippen LogP contribution in [-0.4, -0.2) is 33.6 Å². The number of amides is 1. The van der Waals surface area contributed by atoms with Crippen LogP contribution in [0.2, 0.25) is 0 Å². The first-order valence-corrected chi connectivity index (χ1v) is 6.76. The van der Waals surface area contributed by atoms with Crippen LogP contribution >= 0.6 is 0 Å². The first kappa shape index (κ1) is 12.9. The van der Waals surface area contributed by atoms with Crippen molar-refractivity contribution in [2.75, 3.05) is 12.3 Å². The maximum absolute atomic E-state index is 12.5. The zero-order valence-corrected chi connectivity index (χ0v) is 11.2. The lowest BCUT2D eigenvalue weighted by Gasteiger charge is -2.35. The Kier molecular flexibility index (Phi) is 3.89. The van der Waals surface area contributed by atoms with E-state index in [4.69, 9.17) is 5.73 Å². The topological polar surface area (TPSA) is 75.0 Å². The fourth-order valence-corrected chi connectivity index (χ4v) is 2.64. The zero-order valence-electron chi connectivity index (χ0n) is 11.2. The minimum Gasteiger partial charge on any atom is -0.395 e. The van der Waals surface area contributed by atoms with E-state index in [2.05, 4.69) is 17.1 Å². The summed E-state index contributed by atoms with van der Waals surface area (Å²) in [5.74, 6) is -0.0185. The fraction of sp³-hybridized carbons (Fsp3) is 0.692. The van der Waals surface area contributed by atoms with Crippen LogP contribution in [0, 0.1) is 6.92 Å². The van der Waals surface area contributed by atoms with E-state index in [1.165, 1.54) is 6.42 Å². The Morgan fingerprint density at radius 2 is 2.33 bits per heavy atom. The molecule has 1 fully saturated rings. The third-order valence-electron chi connectivity index (χ3n) is 3.71. The van der Waals surface area contributed by atoms with Crippen molar-refractivity contribution in [3.8, 4) is 0 Å². The summed E-state index contributed by atoms with van der Waals surface area (Å²) in [7, 11) is 0. The number of nitrogens with one attached hydrogen (secondary N) is 1. The number of carbonyl (C=O) groups excluding carboxylic acids is 1. The van der Waals surface area contributed by atoms with E-state index in [1.807, 2.05) is 11.8 Å². The molecule has 5 heteroatoms. The standard InChI is InChI=1S/C13H22N4O/c1-3-6-10-7-4-5-8-17(10)13(18)12-11(14)9(2)15-16-12/h10H,3-8,14H2,1-2H3,(H,15,16). The van der Waals surface area contributed by atoms with Crippen molar-refractivity contribution in [2.24, 2.45) is 0 Å². The molecule has 1 unspecified atom stereocenters. The summed E-state index contributed by atoms with van der Waals surface area (Å²) in [6, 6.07) is 0.354. The van der Waals surface area contributed by atoms with Crippen LogP contribution < -0.4 is 5.73 Å². The molecular formula is C13H22N4O. The number of nitrogens with two attached hydrogens (primary N) is 1. The van der Waals surface area contributed by atoms with Crippen LogP contribution in [0.25, 0.3) is 0 Å². The Morgan fingerprint density at radius 1 is 1.56 bits per heavy atom. The number of hydrogen-bond acceptors (Lipinski definition) is 3. The first-order chi connectivity index (χ1) is 8.65. The van der Waals surface area contributed by atoms with E-state index in [1.54, 1.807) is 0 Å². The SMILES string of the molecule is CCCC1CCCCN1C(=O)c1n[nH]c(C)c1N. The second-order valence-electron chi connectivity index (χ2n) is 5.05. The van der Waals surface area contributed by atoms with Gasteiger partial charge >= 0.3 is 0 Å². The molecule has 100 valence electrons. The number of likely N-dealkylation sites (tertiary alicyclic amines) is 1. The van der Waals surface area contributed by atoms with Crippen LogP contribution in [0.15, 0.2) is 0 Å². The Labute approximate surface area is 108 Å². The Morgan fingerprint density at radius 3 is 2.94 bits per heavy atom. The van der Waals surface area contributed by atoms with Crippen molar-refractivity contribution in [1.29, 1.82) is 0 Å². The summed E-state index contributed by atoms with van der Waals surface area (Å²) in [5.41, 5.74) is 7.53. The Balaban J connectivity index is 2.18. The molecule has 1 aliphatic rings. The number of anilines is 1. The predicted molar refractivity (Wildman–Crippen MR) is 71.3 cm³/mol. The van der Waals surface area contributed by atoms with Gasteiger partial charge in [-0.15, -0.1) is 0 Å². The molecule has 5 nitrogen and oxygen atoms in total. The molecule has 1 aliphatic heterocycles. The third-order valence-corrected chi connectivity index (χ3v) is 3.71. The number of nitrogens with zero attached hydrogens (tertiary/aromatic N) is 2. The molecule has 0 radical (unpaired) electrons. The Hall–Kier alpha value is -1.52. The lowest BCUT2D eigenvalue weighted by Crippen LogP contribution is -2.44. The van der Waals surface area contributed by atoms with Gasteiger partial charge in [0.05, 0.1) is 11.4 Å². The second kappa shape index (κ2) is 5.42. The van der Waals surface area contributed by atoms with Gasteiger partial charge in [0.2, 0.25) is 0 Å². The van der Waals surface area contributed by atoms with E-state index >= 15 is 0 Å². The van der Waals surface area contributed by atoms with Crippen LogP contribution in [-0.2, 0) is 0 Å². The second-order valence-corrected chi connectivity index (χ2v) is 5.05. The highest BCUT2D eigenvalue weighted by Gasteiger charge is 2.29. The van der Waals surface area contributed by atoms with Crippen molar-refractivity contribution < 1.29 is 4.79 Å². The van der Waals surface area contributed by atoms with Crippen LogP contribution in [0.5, 0.6) is 0 Å². The summed E-state index contributed by atoms with van der Waals surface area (Å²) in [5, 5.41) is 6.83. The van der Waals surface area contributed by atoms with E-state index < -0.39 is 0 Å². The highest BCUT2D eigenvalue weighted by molar-refractivity contribution is 5.97. The third kappa shape index (κ3) is 2.35. The lowest BCUT2D eigenvalue weighted by molar-refractivity contribution is 0.0595. The van der Waals surface area contributed by atoms with Crippen molar-refractivity contribution in [2.45, 2.75) is 52.0 Å². The van der Waals surface area contributed by atoms with Crippen LogP contribution in [0.3, 0.4) is 0 Å². The quantitative estimate of drug-likeness (QED) is 0.862. The number of H-pyrrole nitrogens is 1. The molecule has 0 aromatic carbocycles. The number of aromatic amines is 1. The number of carbonyl (C=O) groups is 1. The van der Waals surface area contributed by atoms with E-state index in [9.17, 15) is 4.79 Å².